The summed E-state index contributed by atoms with van der Waals surface area (Å²) in [4.78, 5) is 41.9. The number of hydrogen-bond donors (Lipinski definition) is 1. The molecule has 0 amide bonds. The van der Waals surface area contributed by atoms with Crippen LogP contribution >= 0.6 is 0 Å². The molecule has 0 atom stereocenters. The second-order valence-corrected chi connectivity index (χ2v) is 15.5. The summed E-state index contributed by atoms with van der Waals surface area (Å²) in [6.07, 6.45) is 13.1. The average molecular weight is 781 g/mol. The van der Waals surface area contributed by atoms with Crippen LogP contribution in [0.4, 0.5) is 0 Å². The number of hydrogen-bond acceptors (Lipinski definition) is 7. The largest absolute Gasteiger partial charge is 0.476 e. The summed E-state index contributed by atoms with van der Waals surface area (Å²) >= 11 is 0. The number of ether oxygens (including phenoxy) is 1. The van der Waals surface area contributed by atoms with E-state index in [1.165, 1.54) is 29.1 Å². The molecule has 1 N–H and O–H groups in total. The molecule has 59 heavy (non-hydrogen) atoms. The van der Waals surface area contributed by atoms with Crippen molar-refractivity contribution in [3.05, 3.63) is 190 Å². The molecule has 4 aromatic heterocycles. The Balaban J connectivity index is 0.000000152. The highest BCUT2D eigenvalue weighted by Gasteiger charge is 2.29. The van der Waals surface area contributed by atoms with E-state index in [0.29, 0.717) is 41.8 Å². The molecule has 10 nitrogen and oxygen atoms in total. The van der Waals surface area contributed by atoms with Crippen LogP contribution in [0.3, 0.4) is 0 Å². The number of carbonyl (C=O) groups is 2. The molecule has 10 rings (SSSR count). The molecule has 2 aliphatic rings. The van der Waals surface area contributed by atoms with E-state index in [-0.39, 0.29) is 5.69 Å². The zero-order chi connectivity index (χ0) is 40.3. The van der Waals surface area contributed by atoms with Crippen LogP contribution in [0.5, 0.6) is 0 Å². The van der Waals surface area contributed by atoms with Crippen molar-refractivity contribution < 1.29 is 19.4 Å². The molecule has 0 unspecified atom stereocenters. The lowest BCUT2D eigenvalue weighted by Gasteiger charge is -2.09. The number of esters is 1. The van der Waals surface area contributed by atoms with E-state index in [9.17, 15) is 14.7 Å². The molecule has 0 bridgehead atoms. The summed E-state index contributed by atoms with van der Waals surface area (Å²) in [5.74, 6) is -0.605. The molecule has 8 aromatic rings. The molecule has 4 heterocycles. The van der Waals surface area contributed by atoms with Gasteiger partial charge in [0.1, 0.15) is 0 Å². The van der Waals surface area contributed by atoms with Gasteiger partial charge in [0, 0.05) is 73.6 Å². The molecule has 2 fully saturated rings. The Morgan fingerprint density at radius 2 is 1.07 bits per heavy atom. The second-order valence-electron chi connectivity index (χ2n) is 15.5. The molecule has 0 saturated heterocycles. The summed E-state index contributed by atoms with van der Waals surface area (Å²) in [5.41, 5.74) is 10.3. The Morgan fingerprint density at radius 1 is 0.610 bits per heavy atom. The standard InChI is InChI=1S/C25H23N3O2.C24H21N3O2/c1-30-25(29)24-21(26-15-22(27-24)19-8-9-19)14-18-7-10-23-20(13-18)11-12-28(23)16-17-5-3-2-4-6-17;28-24(29)23-20(25-14-21(26-23)18-7-8-18)13-17-6-9-22-19(12-17)10-11-27(22)15-16-4-2-1-3-5-16/h2-7,10-13,15,19H,8-9,14,16H2,1H3;1-6,9-12,14,18H,7-8,13,15H2,(H,28,29). The number of carbonyl (C=O) groups excluding carboxylic acids is 1. The zero-order valence-corrected chi connectivity index (χ0v) is 32.9. The van der Waals surface area contributed by atoms with Crippen LogP contribution in [-0.4, -0.2) is 53.2 Å². The topological polar surface area (TPSA) is 125 Å². The number of benzene rings is 4. The minimum absolute atomic E-state index is 0.0798. The van der Waals surface area contributed by atoms with Crippen LogP contribution in [0.1, 0.15) is 104 Å². The maximum atomic E-state index is 12.3. The van der Waals surface area contributed by atoms with Crippen LogP contribution in [0, 0.1) is 0 Å². The highest BCUT2D eigenvalue weighted by atomic mass is 16.5. The van der Waals surface area contributed by atoms with Crippen molar-refractivity contribution in [1.29, 1.82) is 0 Å². The van der Waals surface area contributed by atoms with Crippen LogP contribution < -0.4 is 0 Å². The molecule has 0 aliphatic heterocycles. The minimum atomic E-state index is -1.01. The van der Waals surface area contributed by atoms with Gasteiger partial charge in [-0.05, 0) is 95.1 Å². The molecular formula is C49H44N6O4. The smallest absolute Gasteiger partial charge is 0.358 e. The number of nitrogens with zero attached hydrogens (tertiary/aromatic N) is 6. The van der Waals surface area contributed by atoms with Gasteiger partial charge in [-0.15, -0.1) is 0 Å². The van der Waals surface area contributed by atoms with E-state index in [1.54, 1.807) is 6.20 Å². The van der Waals surface area contributed by atoms with Gasteiger partial charge in [0.25, 0.3) is 0 Å². The van der Waals surface area contributed by atoms with Gasteiger partial charge in [-0.25, -0.2) is 19.6 Å². The molecule has 2 saturated carbocycles. The first kappa shape index (κ1) is 37.6. The maximum Gasteiger partial charge on any atom is 0.358 e. The molecule has 10 heteroatoms. The lowest BCUT2D eigenvalue weighted by atomic mass is 10.1. The third-order valence-electron chi connectivity index (χ3n) is 11.1. The van der Waals surface area contributed by atoms with Gasteiger partial charge >= 0.3 is 11.9 Å². The molecule has 0 radical (unpaired) electrons. The first-order valence-corrected chi connectivity index (χ1v) is 20.1. The Kier molecular flexibility index (Phi) is 10.5. The highest BCUT2D eigenvalue weighted by Crippen LogP contribution is 2.39. The van der Waals surface area contributed by atoms with Crippen molar-refractivity contribution >= 4 is 33.7 Å². The highest BCUT2D eigenvalue weighted by molar-refractivity contribution is 5.89. The average Bonchev–Trinajstić information content (AvgIpc) is 4.21. The van der Waals surface area contributed by atoms with Gasteiger partial charge < -0.3 is 19.0 Å². The van der Waals surface area contributed by atoms with Crippen molar-refractivity contribution in [3.63, 3.8) is 0 Å². The Morgan fingerprint density at radius 3 is 1.51 bits per heavy atom. The quantitative estimate of drug-likeness (QED) is 0.122. The van der Waals surface area contributed by atoms with Gasteiger partial charge in [0.15, 0.2) is 11.4 Å². The van der Waals surface area contributed by atoms with Crippen molar-refractivity contribution in [3.8, 4) is 0 Å². The fourth-order valence-electron chi connectivity index (χ4n) is 7.64. The van der Waals surface area contributed by atoms with E-state index in [0.717, 1.165) is 72.2 Å². The number of fused-ring (bicyclic) bond motifs is 2. The van der Waals surface area contributed by atoms with E-state index in [4.69, 9.17) is 4.74 Å². The summed E-state index contributed by atoms with van der Waals surface area (Å²) in [5, 5.41) is 11.9. The lowest BCUT2D eigenvalue weighted by molar-refractivity contribution is 0.0590. The van der Waals surface area contributed by atoms with Crippen molar-refractivity contribution in [2.24, 2.45) is 0 Å². The third-order valence-corrected chi connectivity index (χ3v) is 11.1. The van der Waals surface area contributed by atoms with Crippen molar-refractivity contribution in [1.82, 2.24) is 29.1 Å². The van der Waals surface area contributed by atoms with E-state index in [2.05, 4.69) is 132 Å². The monoisotopic (exact) mass is 780 g/mol. The number of rotatable bonds is 12. The molecule has 4 aromatic carbocycles. The van der Waals surface area contributed by atoms with Crippen molar-refractivity contribution in [2.75, 3.05) is 7.11 Å². The van der Waals surface area contributed by atoms with E-state index in [1.807, 2.05) is 24.4 Å². The van der Waals surface area contributed by atoms with Gasteiger partial charge in [0.05, 0.1) is 29.9 Å². The fraction of sp³-hybridized carbons (Fsp3) is 0.224. The lowest BCUT2D eigenvalue weighted by Crippen LogP contribution is -2.12. The third kappa shape index (κ3) is 8.67. The predicted molar refractivity (Wildman–Crippen MR) is 227 cm³/mol. The Hall–Kier alpha value is -6.94. The van der Waals surface area contributed by atoms with Crippen molar-refractivity contribution in [2.45, 2.75) is 63.5 Å². The Labute approximate surface area is 342 Å². The maximum absolute atomic E-state index is 12.3. The van der Waals surface area contributed by atoms with Crippen LogP contribution in [0.2, 0.25) is 0 Å². The van der Waals surface area contributed by atoms with Gasteiger partial charge in [-0.3, -0.25) is 9.97 Å². The molecule has 2 aliphatic carbocycles. The van der Waals surface area contributed by atoms with Crippen LogP contribution in [0.15, 0.2) is 134 Å². The molecular weight excluding hydrogens is 737 g/mol. The van der Waals surface area contributed by atoms with E-state index < -0.39 is 11.9 Å². The second kappa shape index (κ2) is 16.5. The summed E-state index contributed by atoms with van der Waals surface area (Å²) < 4.78 is 9.43. The van der Waals surface area contributed by atoms with E-state index >= 15 is 0 Å². The fourth-order valence-corrected chi connectivity index (χ4v) is 7.64. The molecule has 294 valence electrons. The summed E-state index contributed by atoms with van der Waals surface area (Å²) in [7, 11) is 1.39. The zero-order valence-electron chi connectivity index (χ0n) is 32.9. The summed E-state index contributed by atoms with van der Waals surface area (Å²) in [6, 6.07) is 37.7. The number of aromatic nitrogens is 6. The number of carboxylic acid groups (broad SMARTS) is 1. The SMILES string of the molecule is COC(=O)c1nc(C2CC2)cnc1Cc1ccc2c(ccn2Cc2ccccc2)c1.O=C(O)c1nc(C2CC2)cnc1Cc1ccc2c(ccn2Cc2ccccc2)c1. The first-order chi connectivity index (χ1) is 28.9. The normalized spacial score (nSPS) is 13.6. The number of carboxylic acids is 1. The molecule has 0 spiro atoms. The van der Waals surface area contributed by atoms with Gasteiger partial charge in [0.2, 0.25) is 0 Å². The Bertz CT molecular complexity index is 2790. The van der Waals surface area contributed by atoms with Gasteiger partial charge in [-0.2, -0.15) is 0 Å². The number of methoxy groups -OCH3 is 1. The van der Waals surface area contributed by atoms with Gasteiger partial charge in [-0.1, -0.05) is 72.8 Å². The van der Waals surface area contributed by atoms with Crippen LogP contribution in [-0.2, 0) is 30.7 Å². The summed E-state index contributed by atoms with van der Waals surface area (Å²) in [6.45, 7) is 1.66. The van der Waals surface area contributed by atoms with Crippen LogP contribution in [0.25, 0.3) is 21.8 Å². The minimum Gasteiger partial charge on any atom is -0.476 e. The first-order valence-electron chi connectivity index (χ1n) is 20.1. The number of aromatic carboxylic acids is 1. The predicted octanol–water partition coefficient (Wildman–Crippen LogP) is 9.38.